The molecule has 1 aliphatic heterocycles. The summed E-state index contributed by atoms with van der Waals surface area (Å²) in [5.41, 5.74) is 0. The van der Waals surface area contributed by atoms with Crippen LogP contribution in [0.25, 0.3) is 0 Å². The number of hydrogen-bond acceptors (Lipinski definition) is 4. The molecule has 1 fully saturated rings. The fourth-order valence-electron chi connectivity index (χ4n) is 0.978. The molecule has 0 saturated carbocycles. The van der Waals surface area contributed by atoms with Crippen molar-refractivity contribution in [2.24, 2.45) is 0 Å². The lowest BCUT2D eigenvalue weighted by atomic mass is 10.2. The zero-order valence-electron chi connectivity index (χ0n) is 5.93. The van der Waals surface area contributed by atoms with Crippen LogP contribution in [-0.2, 0) is 0 Å². The summed E-state index contributed by atoms with van der Waals surface area (Å²) in [6.45, 7) is 2.19. The Morgan fingerprint density at radius 1 is 1.00 bits per heavy atom. The van der Waals surface area contributed by atoms with Crippen molar-refractivity contribution in [3.8, 4) is 0 Å². The van der Waals surface area contributed by atoms with Crippen LogP contribution in [0.3, 0.4) is 0 Å². The molecule has 0 radical (unpaired) electrons. The summed E-state index contributed by atoms with van der Waals surface area (Å²) in [5.74, 6) is -1.57. The molecule has 0 atom stereocenters. The van der Waals surface area contributed by atoms with Crippen molar-refractivity contribution >= 4 is 0 Å². The van der Waals surface area contributed by atoms with Gasteiger partial charge in [-0.2, -0.15) is 0 Å². The van der Waals surface area contributed by atoms with Crippen LogP contribution in [0.15, 0.2) is 0 Å². The largest absolute Gasteiger partial charge is 0.364 e. The molecule has 10 heavy (non-hydrogen) atoms. The molecule has 0 amide bonds. The van der Waals surface area contributed by atoms with E-state index in [2.05, 4.69) is 10.6 Å². The third kappa shape index (κ3) is 2.62. The Kier molecular flexibility index (Phi) is 2.62. The van der Waals surface area contributed by atoms with Crippen LogP contribution in [0.1, 0.15) is 6.42 Å². The Morgan fingerprint density at radius 2 is 1.50 bits per heavy atom. The molecule has 1 heterocycles. The van der Waals surface area contributed by atoms with Gasteiger partial charge >= 0.3 is 0 Å². The number of aliphatic hydroxyl groups is 2. The van der Waals surface area contributed by atoms with Crippen molar-refractivity contribution in [1.82, 2.24) is 10.6 Å². The first-order valence-electron chi connectivity index (χ1n) is 3.57. The average Bonchev–Trinajstić information content (AvgIpc) is 1.81. The average molecular weight is 146 g/mol. The maximum absolute atomic E-state index is 9.11. The molecule has 1 rings (SSSR count). The van der Waals surface area contributed by atoms with E-state index >= 15 is 0 Å². The first kappa shape index (κ1) is 7.94. The SMILES string of the molecule is OC1(O)CNCCCNC1. The molecule has 0 aliphatic carbocycles. The highest BCUT2D eigenvalue weighted by Gasteiger charge is 2.22. The van der Waals surface area contributed by atoms with E-state index in [4.69, 9.17) is 10.2 Å². The normalized spacial score (nSPS) is 27.0. The van der Waals surface area contributed by atoms with Crippen molar-refractivity contribution in [2.75, 3.05) is 26.2 Å². The van der Waals surface area contributed by atoms with Gasteiger partial charge in [-0.3, -0.25) is 0 Å². The molecule has 0 unspecified atom stereocenters. The van der Waals surface area contributed by atoms with Crippen molar-refractivity contribution in [2.45, 2.75) is 12.2 Å². The van der Waals surface area contributed by atoms with Crippen LogP contribution in [0.4, 0.5) is 0 Å². The van der Waals surface area contributed by atoms with E-state index in [-0.39, 0.29) is 13.1 Å². The summed E-state index contributed by atoms with van der Waals surface area (Å²) in [5, 5.41) is 24.1. The topological polar surface area (TPSA) is 64.5 Å². The van der Waals surface area contributed by atoms with Crippen LogP contribution >= 0.6 is 0 Å². The first-order valence-corrected chi connectivity index (χ1v) is 3.57. The van der Waals surface area contributed by atoms with Crippen LogP contribution in [0.5, 0.6) is 0 Å². The Balaban J connectivity index is 2.30. The lowest BCUT2D eigenvalue weighted by molar-refractivity contribution is -0.154. The zero-order chi connectivity index (χ0) is 7.45. The molecule has 4 nitrogen and oxygen atoms in total. The minimum absolute atomic E-state index is 0.250. The first-order chi connectivity index (χ1) is 4.71. The van der Waals surface area contributed by atoms with E-state index in [1.54, 1.807) is 0 Å². The number of nitrogens with one attached hydrogen (secondary N) is 2. The van der Waals surface area contributed by atoms with Gasteiger partial charge in [0, 0.05) is 0 Å². The zero-order valence-corrected chi connectivity index (χ0v) is 5.93. The van der Waals surface area contributed by atoms with Crippen molar-refractivity contribution in [1.29, 1.82) is 0 Å². The van der Waals surface area contributed by atoms with Gasteiger partial charge < -0.3 is 20.8 Å². The van der Waals surface area contributed by atoms with E-state index in [0.717, 1.165) is 19.5 Å². The summed E-state index contributed by atoms with van der Waals surface area (Å²) in [6.07, 6.45) is 1.04. The van der Waals surface area contributed by atoms with Gasteiger partial charge in [-0.1, -0.05) is 0 Å². The molecule has 4 heteroatoms. The smallest absolute Gasteiger partial charge is 0.188 e. The highest BCUT2D eigenvalue weighted by atomic mass is 16.5. The lowest BCUT2D eigenvalue weighted by Crippen LogP contribution is -2.50. The van der Waals surface area contributed by atoms with Gasteiger partial charge in [0.05, 0.1) is 13.1 Å². The minimum Gasteiger partial charge on any atom is -0.364 e. The Labute approximate surface area is 60.2 Å². The Hall–Kier alpha value is -0.160. The molecule has 0 aromatic heterocycles. The summed E-state index contributed by atoms with van der Waals surface area (Å²) >= 11 is 0. The quantitative estimate of drug-likeness (QED) is 0.306. The predicted octanol–water partition coefficient (Wildman–Crippen LogP) is -1.75. The van der Waals surface area contributed by atoms with Crippen molar-refractivity contribution in [3.05, 3.63) is 0 Å². The Bertz CT molecular complexity index is 95.9. The maximum atomic E-state index is 9.11. The second-order valence-electron chi connectivity index (χ2n) is 2.69. The Morgan fingerprint density at radius 3 is 2.00 bits per heavy atom. The predicted molar refractivity (Wildman–Crippen MR) is 37.5 cm³/mol. The third-order valence-electron chi connectivity index (χ3n) is 1.52. The van der Waals surface area contributed by atoms with Gasteiger partial charge in [-0.05, 0) is 19.5 Å². The van der Waals surface area contributed by atoms with Crippen LogP contribution in [0.2, 0.25) is 0 Å². The molecular formula is C6H14N2O2. The fourth-order valence-corrected chi connectivity index (χ4v) is 0.978. The van der Waals surface area contributed by atoms with Crippen LogP contribution in [-0.4, -0.2) is 42.2 Å². The van der Waals surface area contributed by atoms with Gasteiger partial charge in [-0.25, -0.2) is 0 Å². The number of rotatable bonds is 0. The molecule has 4 N–H and O–H groups in total. The standard InChI is InChI=1S/C6H14N2O2/c9-6(10)4-7-2-1-3-8-5-6/h7-10H,1-5H2. The van der Waals surface area contributed by atoms with Gasteiger partial charge in [0.25, 0.3) is 0 Å². The van der Waals surface area contributed by atoms with E-state index in [0.29, 0.717) is 0 Å². The number of β-amino-alcohol motifs (C(OH)–C–C–N with tert-alkyl or cyclic N) is 2. The van der Waals surface area contributed by atoms with Crippen LogP contribution < -0.4 is 10.6 Å². The van der Waals surface area contributed by atoms with Gasteiger partial charge in [0.15, 0.2) is 5.79 Å². The molecule has 0 spiro atoms. The van der Waals surface area contributed by atoms with Crippen molar-refractivity contribution < 1.29 is 10.2 Å². The number of hydrogen-bond donors (Lipinski definition) is 4. The van der Waals surface area contributed by atoms with Gasteiger partial charge in [0.1, 0.15) is 0 Å². The van der Waals surface area contributed by atoms with E-state index in [1.807, 2.05) is 0 Å². The molecule has 0 aromatic carbocycles. The summed E-state index contributed by atoms with van der Waals surface area (Å²) in [4.78, 5) is 0. The van der Waals surface area contributed by atoms with E-state index in [9.17, 15) is 0 Å². The van der Waals surface area contributed by atoms with E-state index < -0.39 is 5.79 Å². The molecule has 1 aliphatic rings. The molecule has 1 saturated heterocycles. The lowest BCUT2D eigenvalue weighted by Gasteiger charge is -2.25. The molecular weight excluding hydrogens is 132 g/mol. The summed E-state index contributed by atoms with van der Waals surface area (Å²) in [7, 11) is 0. The van der Waals surface area contributed by atoms with Gasteiger partial charge in [0.2, 0.25) is 0 Å². The third-order valence-corrected chi connectivity index (χ3v) is 1.52. The van der Waals surface area contributed by atoms with E-state index in [1.165, 1.54) is 0 Å². The van der Waals surface area contributed by atoms with Crippen molar-refractivity contribution in [3.63, 3.8) is 0 Å². The molecule has 0 bridgehead atoms. The second-order valence-corrected chi connectivity index (χ2v) is 2.69. The summed E-state index contributed by atoms with van der Waals surface area (Å²) in [6, 6.07) is 0. The highest BCUT2D eigenvalue weighted by Crippen LogP contribution is 1.96. The minimum atomic E-state index is -1.57. The fraction of sp³-hybridized carbons (Fsp3) is 1.00. The molecule has 0 aromatic rings. The second kappa shape index (κ2) is 3.30. The van der Waals surface area contributed by atoms with Gasteiger partial charge in [-0.15, -0.1) is 0 Å². The highest BCUT2D eigenvalue weighted by molar-refractivity contribution is 4.73. The molecule has 60 valence electrons. The maximum Gasteiger partial charge on any atom is 0.188 e. The summed E-state index contributed by atoms with van der Waals surface area (Å²) < 4.78 is 0. The van der Waals surface area contributed by atoms with Crippen LogP contribution in [0, 0.1) is 0 Å². The monoisotopic (exact) mass is 146 g/mol.